The lowest BCUT2D eigenvalue weighted by Gasteiger charge is -2.32. The predicted molar refractivity (Wildman–Crippen MR) is 115 cm³/mol. The zero-order valence-electron chi connectivity index (χ0n) is 17.5. The summed E-state index contributed by atoms with van der Waals surface area (Å²) < 4.78 is 7.11. The molecule has 1 aliphatic rings. The number of rotatable bonds is 5. The van der Waals surface area contributed by atoms with Crippen molar-refractivity contribution >= 4 is 17.4 Å². The van der Waals surface area contributed by atoms with Crippen molar-refractivity contribution in [3.05, 3.63) is 53.9 Å². The van der Waals surface area contributed by atoms with Gasteiger partial charge >= 0.3 is 0 Å². The lowest BCUT2D eigenvalue weighted by Crippen LogP contribution is -2.41. The minimum atomic E-state index is -0.124. The van der Waals surface area contributed by atoms with Gasteiger partial charge in [-0.15, -0.1) is 10.2 Å². The van der Waals surface area contributed by atoms with E-state index in [-0.39, 0.29) is 11.8 Å². The first kappa shape index (κ1) is 19.9. The Morgan fingerprint density at radius 2 is 1.90 bits per heavy atom. The van der Waals surface area contributed by atoms with Crippen LogP contribution in [0.15, 0.2) is 42.5 Å². The van der Waals surface area contributed by atoms with Crippen LogP contribution in [0.2, 0.25) is 0 Å². The van der Waals surface area contributed by atoms with Gasteiger partial charge in [0, 0.05) is 18.8 Å². The molecule has 3 heterocycles. The van der Waals surface area contributed by atoms with Crippen LogP contribution in [0.4, 0.5) is 11.5 Å². The number of carbonyl (C=O) groups is 1. The zero-order valence-corrected chi connectivity index (χ0v) is 17.5. The summed E-state index contributed by atoms with van der Waals surface area (Å²) in [6.45, 7) is 5.40. The number of hydrogen-bond acceptors (Lipinski definition) is 6. The molecule has 1 N–H and O–H groups in total. The number of piperidine rings is 1. The second-order valence-electron chi connectivity index (χ2n) is 7.56. The number of aryl methyl sites for hydroxylation is 2. The van der Waals surface area contributed by atoms with E-state index in [9.17, 15) is 4.79 Å². The largest absolute Gasteiger partial charge is 0.495 e. The molecule has 1 amide bonds. The lowest BCUT2D eigenvalue weighted by molar-refractivity contribution is -0.120. The number of aromatic nitrogens is 4. The fourth-order valence-electron chi connectivity index (χ4n) is 3.84. The molecule has 0 bridgehead atoms. The molecule has 0 saturated carbocycles. The van der Waals surface area contributed by atoms with Gasteiger partial charge in [0.15, 0.2) is 11.6 Å². The maximum atomic E-state index is 12.9. The molecule has 1 unspecified atom stereocenters. The Balaban J connectivity index is 1.44. The van der Waals surface area contributed by atoms with Crippen molar-refractivity contribution in [3.8, 4) is 11.6 Å². The highest BCUT2D eigenvalue weighted by Crippen LogP contribution is 2.26. The third kappa shape index (κ3) is 4.12. The van der Waals surface area contributed by atoms with Crippen molar-refractivity contribution in [3.63, 3.8) is 0 Å². The third-order valence-corrected chi connectivity index (χ3v) is 5.34. The maximum absolute atomic E-state index is 12.9. The van der Waals surface area contributed by atoms with Gasteiger partial charge in [-0.25, -0.2) is 4.68 Å². The van der Waals surface area contributed by atoms with E-state index in [4.69, 9.17) is 4.74 Å². The summed E-state index contributed by atoms with van der Waals surface area (Å²) in [4.78, 5) is 15.0. The smallest absolute Gasteiger partial charge is 0.229 e. The molecule has 3 aromatic rings. The zero-order chi connectivity index (χ0) is 21.1. The first-order chi connectivity index (χ1) is 14.5. The van der Waals surface area contributed by atoms with Gasteiger partial charge in [0.05, 0.1) is 24.4 Å². The average molecular weight is 406 g/mol. The number of para-hydroxylation sites is 2. The number of benzene rings is 1. The van der Waals surface area contributed by atoms with Gasteiger partial charge in [0.2, 0.25) is 5.91 Å². The molecule has 1 fully saturated rings. The van der Waals surface area contributed by atoms with Gasteiger partial charge < -0.3 is 15.0 Å². The van der Waals surface area contributed by atoms with Crippen molar-refractivity contribution in [2.75, 3.05) is 30.4 Å². The quantitative estimate of drug-likeness (QED) is 0.701. The molecular formula is C22H26N6O2. The molecule has 0 radical (unpaired) electrons. The maximum Gasteiger partial charge on any atom is 0.229 e. The summed E-state index contributed by atoms with van der Waals surface area (Å²) in [5.41, 5.74) is 2.65. The molecule has 1 aromatic carbocycles. The van der Waals surface area contributed by atoms with Crippen LogP contribution in [-0.2, 0) is 4.79 Å². The Bertz CT molecular complexity index is 1030. The molecule has 30 heavy (non-hydrogen) atoms. The average Bonchev–Trinajstić information content (AvgIpc) is 3.12. The summed E-state index contributed by atoms with van der Waals surface area (Å²) in [7, 11) is 1.60. The molecule has 0 spiro atoms. The Morgan fingerprint density at radius 1 is 1.13 bits per heavy atom. The normalized spacial score (nSPS) is 16.4. The minimum absolute atomic E-state index is 0.00331. The van der Waals surface area contributed by atoms with E-state index in [1.807, 2.05) is 56.3 Å². The van der Waals surface area contributed by atoms with Crippen molar-refractivity contribution in [2.45, 2.75) is 26.7 Å². The molecular weight excluding hydrogens is 380 g/mol. The van der Waals surface area contributed by atoms with Gasteiger partial charge in [-0.2, -0.15) is 5.10 Å². The van der Waals surface area contributed by atoms with Crippen LogP contribution in [0.3, 0.4) is 0 Å². The summed E-state index contributed by atoms with van der Waals surface area (Å²) in [5.74, 6) is 1.99. The van der Waals surface area contributed by atoms with Gasteiger partial charge in [0.1, 0.15) is 5.75 Å². The van der Waals surface area contributed by atoms with E-state index in [0.29, 0.717) is 23.8 Å². The lowest BCUT2D eigenvalue weighted by atomic mass is 9.97. The number of nitrogens with one attached hydrogen (secondary N) is 1. The van der Waals surface area contributed by atoms with Crippen molar-refractivity contribution < 1.29 is 9.53 Å². The Kier molecular flexibility index (Phi) is 5.65. The van der Waals surface area contributed by atoms with E-state index in [1.54, 1.807) is 11.8 Å². The van der Waals surface area contributed by atoms with Crippen LogP contribution in [0.5, 0.6) is 5.75 Å². The standard InChI is InChI=1S/C22H26N6O2/c1-15-13-16(2)28(26-15)21-11-10-20(24-25-21)27-12-6-7-17(14-27)22(29)23-18-8-4-5-9-19(18)30-3/h4-5,8-11,13,17H,6-7,12,14H2,1-3H3,(H,23,29). The molecule has 4 rings (SSSR count). The van der Waals surface area contributed by atoms with E-state index >= 15 is 0 Å². The highest BCUT2D eigenvalue weighted by Gasteiger charge is 2.27. The predicted octanol–water partition coefficient (Wildman–Crippen LogP) is 3.14. The number of amides is 1. The number of methoxy groups -OCH3 is 1. The highest BCUT2D eigenvalue weighted by atomic mass is 16.5. The topological polar surface area (TPSA) is 85.2 Å². The first-order valence-electron chi connectivity index (χ1n) is 10.1. The van der Waals surface area contributed by atoms with Gasteiger partial charge in [-0.1, -0.05) is 12.1 Å². The SMILES string of the molecule is COc1ccccc1NC(=O)C1CCCN(c2ccc(-n3nc(C)cc3C)nn2)C1. The molecule has 8 nitrogen and oxygen atoms in total. The van der Waals surface area contributed by atoms with E-state index in [2.05, 4.69) is 25.5 Å². The number of hydrogen-bond donors (Lipinski definition) is 1. The number of carbonyl (C=O) groups excluding carboxylic acids is 1. The molecule has 2 aromatic heterocycles. The summed E-state index contributed by atoms with van der Waals surface area (Å²) >= 11 is 0. The Morgan fingerprint density at radius 3 is 2.60 bits per heavy atom. The number of anilines is 2. The molecule has 156 valence electrons. The van der Waals surface area contributed by atoms with Crippen LogP contribution in [0.25, 0.3) is 5.82 Å². The fourth-order valence-corrected chi connectivity index (χ4v) is 3.84. The summed E-state index contributed by atoms with van der Waals surface area (Å²) in [5, 5.41) is 16.2. The van der Waals surface area contributed by atoms with Crippen LogP contribution < -0.4 is 15.0 Å². The van der Waals surface area contributed by atoms with Crippen LogP contribution in [0, 0.1) is 19.8 Å². The summed E-state index contributed by atoms with van der Waals surface area (Å²) in [6, 6.07) is 13.3. The third-order valence-electron chi connectivity index (χ3n) is 5.34. The van der Waals surface area contributed by atoms with E-state index < -0.39 is 0 Å². The van der Waals surface area contributed by atoms with Crippen molar-refractivity contribution in [1.29, 1.82) is 0 Å². The molecule has 1 saturated heterocycles. The van der Waals surface area contributed by atoms with Gasteiger partial charge in [-0.3, -0.25) is 4.79 Å². The van der Waals surface area contributed by atoms with Gasteiger partial charge in [-0.05, 0) is 57.0 Å². The second kappa shape index (κ2) is 8.52. The van der Waals surface area contributed by atoms with E-state index in [0.717, 1.165) is 36.6 Å². The van der Waals surface area contributed by atoms with Crippen LogP contribution in [-0.4, -0.2) is 46.1 Å². The first-order valence-corrected chi connectivity index (χ1v) is 10.1. The van der Waals surface area contributed by atoms with Crippen LogP contribution in [0.1, 0.15) is 24.2 Å². The highest BCUT2D eigenvalue weighted by molar-refractivity contribution is 5.94. The second-order valence-corrected chi connectivity index (χ2v) is 7.56. The van der Waals surface area contributed by atoms with E-state index in [1.165, 1.54) is 0 Å². The Labute approximate surface area is 175 Å². The fraction of sp³-hybridized carbons (Fsp3) is 0.364. The monoisotopic (exact) mass is 406 g/mol. The summed E-state index contributed by atoms with van der Waals surface area (Å²) in [6.07, 6.45) is 1.76. The minimum Gasteiger partial charge on any atom is -0.495 e. The number of nitrogens with zero attached hydrogens (tertiary/aromatic N) is 5. The number of ether oxygens (including phenoxy) is 1. The molecule has 8 heteroatoms. The van der Waals surface area contributed by atoms with Crippen molar-refractivity contribution in [2.24, 2.45) is 5.92 Å². The molecule has 1 atom stereocenters. The van der Waals surface area contributed by atoms with Crippen LogP contribution >= 0.6 is 0 Å². The molecule has 1 aliphatic heterocycles. The van der Waals surface area contributed by atoms with Gasteiger partial charge in [0.25, 0.3) is 0 Å². The molecule has 0 aliphatic carbocycles. The Hall–Kier alpha value is -3.42. The van der Waals surface area contributed by atoms with Crippen molar-refractivity contribution in [1.82, 2.24) is 20.0 Å².